The molecular weight excluding hydrogens is 588 g/mol. The van der Waals surface area contributed by atoms with Crippen LogP contribution in [0, 0.1) is 6.92 Å². The lowest BCUT2D eigenvalue weighted by atomic mass is 10.1. The van der Waals surface area contributed by atoms with Crippen LogP contribution in [0.15, 0.2) is 117 Å². The monoisotopic (exact) mass is 616 g/mol. The molecule has 0 N–H and O–H groups in total. The number of ether oxygens (including phenoxy) is 1. The Kier molecular flexibility index (Phi) is 8.68. The zero-order chi connectivity index (χ0) is 30.7. The van der Waals surface area contributed by atoms with Gasteiger partial charge in [0.05, 0.1) is 29.7 Å². The van der Waals surface area contributed by atoms with Crippen LogP contribution in [0.5, 0.6) is 0 Å². The van der Waals surface area contributed by atoms with Gasteiger partial charge >= 0.3 is 5.97 Å². The highest BCUT2D eigenvalue weighted by Gasteiger charge is 2.38. The fourth-order valence-corrected chi connectivity index (χ4v) is 6.35. The van der Waals surface area contributed by atoms with E-state index in [0.717, 1.165) is 11.1 Å². The van der Waals surface area contributed by atoms with Crippen LogP contribution in [0.2, 0.25) is 5.02 Å². The number of carbonyl (C=O) groups is 2. The fraction of sp³-hybridized carbons (Fsp3) is 0.152. The number of hydrogen-bond donors (Lipinski definition) is 0. The summed E-state index contributed by atoms with van der Waals surface area (Å²) < 4.78 is 39.8. The number of carbonyl (C=O) groups excluding carboxylic acids is 2. The van der Waals surface area contributed by atoms with Crippen LogP contribution in [0.4, 0.5) is 5.69 Å². The van der Waals surface area contributed by atoms with Crippen LogP contribution in [0.25, 0.3) is 6.08 Å². The third-order valence-corrected chi connectivity index (χ3v) is 9.09. The van der Waals surface area contributed by atoms with Gasteiger partial charge in [-0.15, -0.1) is 0 Å². The van der Waals surface area contributed by atoms with E-state index in [1.54, 1.807) is 67.6 Å². The molecule has 0 atom stereocenters. The first-order chi connectivity index (χ1) is 20.6. The third kappa shape index (κ3) is 6.34. The van der Waals surface area contributed by atoms with Crippen LogP contribution >= 0.6 is 11.6 Å². The maximum Gasteiger partial charge on any atom is 0.340 e. The Morgan fingerprint density at radius 3 is 2.26 bits per heavy atom. The summed E-state index contributed by atoms with van der Waals surface area (Å²) in [6.45, 7) is 3.61. The number of anilines is 1. The number of sulfonamides is 1. The van der Waals surface area contributed by atoms with Crippen molar-refractivity contribution in [2.24, 2.45) is 0 Å². The van der Waals surface area contributed by atoms with E-state index in [1.165, 1.54) is 22.4 Å². The summed E-state index contributed by atoms with van der Waals surface area (Å²) in [5.41, 5.74) is 2.89. The number of methoxy groups -OCH3 is 1. The lowest BCUT2D eigenvalue weighted by Gasteiger charge is -2.21. The number of halogens is 1. The number of furan rings is 1. The molecule has 220 valence electrons. The second-order valence-electron chi connectivity index (χ2n) is 10.0. The molecule has 1 aliphatic rings. The Labute approximate surface area is 255 Å². The summed E-state index contributed by atoms with van der Waals surface area (Å²) in [7, 11) is -2.64. The SMILES string of the molecule is COC(=O)C1=C(C)N(c2ccc(Cl)cc2)C(=O)/C1=C/c1ccc(CN(Cc2ccccc2)S(=O)(=O)c2ccc(C)cc2)o1. The van der Waals surface area contributed by atoms with E-state index >= 15 is 0 Å². The van der Waals surface area contributed by atoms with Crippen molar-refractivity contribution in [2.75, 3.05) is 12.0 Å². The molecule has 0 bridgehead atoms. The largest absolute Gasteiger partial charge is 0.465 e. The lowest BCUT2D eigenvalue weighted by Crippen LogP contribution is -2.30. The average Bonchev–Trinajstić information content (AvgIpc) is 3.54. The molecule has 1 aliphatic heterocycles. The minimum absolute atomic E-state index is 0.0577. The van der Waals surface area contributed by atoms with Crippen molar-refractivity contribution in [3.05, 3.63) is 136 Å². The summed E-state index contributed by atoms with van der Waals surface area (Å²) in [5.74, 6) is -0.471. The van der Waals surface area contributed by atoms with E-state index in [1.807, 2.05) is 37.3 Å². The molecule has 4 aromatic rings. The summed E-state index contributed by atoms with van der Waals surface area (Å²) in [4.78, 5) is 27.9. The Bertz CT molecular complexity index is 1830. The van der Waals surface area contributed by atoms with Crippen molar-refractivity contribution < 1.29 is 27.2 Å². The van der Waals surface area contributed by atoms with Crippen LogP contribution < -0.4 is 4.90 Å². The Balaban J connectivity index is 1.48. The van der Waals surface area contributed by atoms with Crippen molar-refractivity contribution in [1.82, 2.24) is 4.31 Å². The Morgan fingerprint density at radius 1 is 0.930 bits per heavy atom. The summed E-state index contributed by atoms with van der Waals surface area (Å²) in [5, 5.41) is 0.509. The van der Waals surface area contributed by atoms with Crippen molar-refractivity contribution in [2.45, 2.75) is 31.8 Å². The van der Waals surface area contributed by atoms with Crippen molar-refractivity contribution in [3.63, 3.8) is 0 Å². The second kappa shape index (κ2) is 12.4. The molecule has 3 aromatic carbocycles. The summed E-state index contributed by atoms with van der Waals surface area (Å²) in [6, 6.07) is 25.9. The lowest BCUT2D eigenvalue weighted by molar-refractivity contribution is -0.136. The topological polar surface area (TPSA) is 97.1 Å². The standard InChI is InChI=1S/C33H29ClN2O6S/c1-22-9-17-29(18-10-22)43(39,40)35(20-24-7-5-4-6-8-24)21-28-16-15-27(42-28)19-30-31(33(38)41-3)23(2)36(32(30)37)26-13-11-25(34)12-14-26/h4-19H,20-21H2,1-3H3/b30-19+. The third-order valence-electron chi connectivity index (χ3n) is 7.04. The molecule has 5 rings (SSSR count). The molecule has 0 radical (unpaired) electrons. The highest BCUT2D eigenvalue weighted by molar-refractivity contribution is 7.89. The van der Waals surface area contributed by atoms with Gasteiger partial charge in [-0.3, -0.25) is 9.69 Å². The molecule has 0 unspecified atom stereocenters. The molecule has 0 fully saturated rings. The fourth-order valence-electron chi connectivity index (χ4n) is 4.83. The van der Waals surface area contributed by atoms with Crippen LogP contribution in [0.3, 0.4) is 0 Å². The van der Waals surface area contributed by atoms with E-state index in [4.69, 9.17) is 20.8 Å². The van der Waals surface area contributed by atoms with Gasteiger partial charge in [0.25, 0.3) is 5.91 Å². The summed E-state index contributed by atoms with van der Waals surface area (Å²) in [6.07, 6.45) is 1.47. The van der Waals surface area contributed by atoms with Gasteiger partial charge in [-0.05, 0) is 74.0 Å². The molecule has 1 amide bonds. The number of allylic oxidation sites excluding steroid dienone is 1. The quantitative estimate of drug-likeness (QED) is 0.157. The van der Waals surface area contributed by atoms with Crippen molar-refractivity contribution in [1.29, 1.82) is 0 Å². The summed E-state index contributed by atoms with van der Waals surface area (Å²) >= 11 is 6.03. The molecule has 0 aliphatic carbocycles. The van der Waals surface area contributed by atoms with Gasteiger partial charge in [0, 0.05) is 23.0 Å². The minimum Gasteiger partial charge on any atom is -0.465 e. The van der Waals surface area contributed by atoms with E-state index in [0.29, 0.717) is 22.2 Å². The molecule has 8 nitrogen and oxygen atoms in total. The minimum atomic E-state index is -3.89. The van der Waals surface area contributed by atoms with Crippen LogP contribution in [0.1, 0.15) is 29.6 Å². The van der Waals surface area contributed by atoms with Crippen molar-refractivity contribution in [3.8, 4) is 0 Å². The predicted molar refractivity (Wildman–Crippen MR) is 164 cm³/mol. The molecule has 2 heterocycles. The number of rotatable bonds is 9. The highest BCUT2D eigenvalue weighted by atomic mass is 35.5. The average molecular weight is 617 g/mol. The van der Waals surface area contributed by atoms with Gasteiger partial charge in [-0.1, -0.05) is 59.6 Å². The Morgan fingerprint density at radius 2 is 1.60 bits per heavy atom. The predicted octanol–water partition coefficient (Wildman–Crippen LogP) is 6.51. The van der Waals surface area contributed by atoms with Gasteiger partial charge < -0.3 is 9.15 Å². The van der Waals surface area contributed by atoms with Gasteiger partial charge in [-0.2, -0.15) is 4.31 Å². The molecule has 0 saturated carbocycles. The van der Waals surface area contributed by atoms with Crippen LogP contribution in [-0.2, 0) is 37.4 Å². The molecule has 0 saturated heterocycles. The van der Waals surface area contributed by atoms with Gasteiger partial charge in [0.15, 0.2) is 0 Å². The number of hydrogen-bond acceptors (Lipinski definition) is 6. The van der Waals surface area contributed by atoms with E-state index < -0.39 is 21.9 Å². The zero-order valence-corrected chi connectivity index (χ0v) is 25.4. The second-order valence-corrected chi connectivity index (χ2v) is 12.4. The number of aryl methyl sites for hydroxylation is 1. The number of amides is 1. The van der Waals surface area contributed by atoms with E-state index in [9.17, 15) is 18.0 Å². The number of benzene rings is 3. The van der Waals surface area contributed by atoms with Gasteiger partial charge in [0.2, 0.25) is 10.0 Å². The number of esters is 1. The molecule has 1 aromatic heterocycles. The first kappa shape index (κ1) is 30.0. The first-order valence-electron chi connectivity index (χ1n) is 13.4. The van der Waals surface area contributed by atoms with Crippen molar-refractivity contribution >= 4 is 45.3 Å². The highest BCUT2D eigenvalue weighted by Crippen LogP contribution is 2.36. The molecule has 43 heavy (non-hydrogen) atoms. The van der Waals surface area contributed by atoms with Gasteiger partial charge in [-0.25, -0.2) is 13.2 Å². The smallest absolute Gasteiger partial charge is 0.340 e. The van der Waals surface area contributed by atoms with E-state index in [2.05, 4.69) is 0 Å². The normalized spacial score (nSPS) is 14.7. The van der Waals surface area contributed by atoms with Crippen LogP contribution in [-0.4, -0.2) is 31.7 Å². The number of nitrogens with zero attached hydrogens (tertiary/aromatic N) is 2. The zero-order valence-electron chi connectivity index (χ0n) is 23.8. The van der Waals surface area contributed by atoms with E-state index in [-0.39, 0.29) is 34.9 Å². The molecule has 10 heteroatoms. The molecule has 0 spiro atoms. The molecular formula is C33H29ClN2O6S. The maximum atomic E-state index is 13.7. The van der Waals surface area contributed by atoms with Gasteiger partial charge in [0.1, 0.15) is 11.5 Å². The Hall–Kier alpha value is -4.44. The first-order valence-corrected chi connectivity index (χ1v) is 15.2. The maximum absolute atomic E-state index is 13.7.